The SMILES string of the molecule is CCCc1nnsc1C(=O)NCC1(c2cccs2)CCOCC1. The summed E-state index contributed by atoms with van der Waals surface area (Å²) in [4.78, 5) is 14.5. The van der Waals surface area contributed by atoms with Crippen LogP contribution in [0.15, 0.2) is 17.5 Å². The second-order valence-electron chi connectivity index (χ2n) is 5.85. The Labute approximate surface area is 144 Å². The molecule has 1 aliphatic heterocycles. The maximum Gasteiger partial charge on any atom is 0.264 e. The maximum atomic E-state index is 12.5. The Morgan fingerprint density at radius 3 is 2.96 bits per heavy atom. The van der Waals surface area contributed by atoms with Gasteiger partial charge in [-0.15, -0.1) is 16.4 Å². The number of hydrogen-bond acceptors (Lipinski definition) is 6. The fourth-order valence-electron chi connectivity index (χ4n) is 2.96. The zero-order valence-corrected chi connectivity index (χ0v) is 14.8. The van der Waals surface area contributed by atoms with Crippen molar-refractivity contribution in [3.63, 3.8) is 0 Å². The molecule has 0 unspecified atom stereocenters. The van der Waals surface area contributed by atoms with Crippen LogP contribution in [0.4, 0.5) is 0 Å². The summed E-state index contributed by atoms with van der Waals surface area (Å²) in [6.45, 7) is 4.21. The molecule has 1 saturated heterocycles. The molecule has 0 aromatic carbocycles. The number of nitrogens with zero attached hydrogens (tertiary/aromatic N) is 2. The van der Waals surface area contributed by atoms with Crippen molar-refractivity contribution in [2.75, 3.05) is 19.8 Å². The summed E-state index contributed by atoms with van der Waals surface area (Å²) in [6, 6.07) is 4.24. The van der Waals surface area contributed by atoms with Crippen LogP contribution in [-0.4, -0.2) is 35.3 Å². The molecule has 2 aromatic rings. The summed E-state index contributed by atoms with van der Waals surface area (Å²) in [7, 11) is 0. The number of carbonyl (C=O) groups excluding carboxylic acids is 1. The Morgan fingerprint density at radius 1 is 1.43 bits per heavy atom. The number of aryl methyl sites for hydroxylation is 1. The minimum Gasteiger partial charge on any atom is -0.381 e. The lowest BCUT2D eigenvalue weighted by molar-refractivity contribution is 0.0499. The highest BCUT2D eigenvalue weighted by atomic mass is 32.1. The third-order valence-electron chi connectivity index (χ3n) is 4.33. The molecule has 0 spiro atoms. The Kier molecular flexibility index (Phi) is 5.40. The van der Waals surface area contributed by atoms with E-state index in [-0.39, 0.29) is 11.3 Å². The minimum atomic E-state index is -0.0501. The van der Waals surface area contributed by atoms with Gasteiger partial charge in [-0.25, -0.2) is 0 Å². The number of nitrogens with one attached hydrogen (secondary N) is 1. The van der Waals surface area contributed by atoms with Crippen LogP contribution in [0.2, 0.25) is 0 Å². The van der Waals surface area contributed by atoms with Crippen LogP contribution in [0.25, 0.3) is 0 Å². The predicted octanol–water partition coefficient (Wildman–Crippen LogP) is 3.03. The lowest BCUT2D eigenvalue weighted by atomic mass is 9.78. The fourth-order valence-corrected chi connectivity index (χ4v) is 4.58. The highest BCUT2D eigenvalue weighted by Gasteiger charge is 2.36. The van der Waals surface area contributed by atoms with Gasteiger partial charge in [0.1, 0.15) is 4.88 Å². The Morgan fingerprint density at radius 2 is 2.26 bits per heavy atom. The van der Waals surface area contributed by atoms with Crippen molar-refractivity contribution in [2.24, 2.45) is 0 Å². The highest BCUT2D eigenvalue weighted by Crippen LogP contribution is 2.37. The van der Waals surface area contributed by atoms with E-state index in [1.54, 1.807) is 11.3 Å². The Hall–Kier alpha value is -1.31. The number of rotatable bonds is 6. The quantitative estimate of drug-likeness (QED) is 0.869. The zero-order valence-electron chi connectivity index (χ0n) is 13.2. The lowest BCUT2D eigenvalue weighted by Gasteiger charge is -2.36. The van der Waals surface area contributed by atoms with Crippen LogP contribution in [0.1, 0.15) is 46.4 Å². The van der Waals surface area contributed by atoms with Gasteiger partial charge in [0.2, 0.25) is 0 Å². The number of amides is 1. The molecule has 5 nitrogen and oxygen atoms in total. The van der Waals surface area contributed by atoms with Gasteiger partial charge in [-0.05, 0) is 42.2 Å². The van der Waals surface area contributed by atoms with Gasteiger partial charge in [0.05, 0.1) is 5.69 Å². The molecule has 1 fully saturated rings. The average molecular weight is 351 g/mol. The van der Waals surface area contributed by atoms with Gasteiger partial charge < -0.3 is 10.1 Å². The number of carbonyl (C=O) groups is 1. The minimum absolute atomic E-state index is 0.00882. The van der Waals surface area contributed by atoms with E-state index in [0.717, 1.165) is 44.6 Å². The van der Waals surface area contributed by atoms with E-state index in [2.05, 4.69) is 39.3 Å². The van der Waals surface area contributed by atoms with E-state index in [0.29, 0.717) is 11.4 Å². The molecule has 23 heavy (non-hydrogen) atoms. The van der Waals surface area contributed by atoms with Crippen molar-refractivity contribution in [2.45, 2.75) is 38.0 Å². The van der Waals surface area contributed by atoms with Gasteiger partial charge >= 0.3 is 0 Å². The van der Waals surface area contributed by atoms with E-state index in [9.17, 15) is 4.79 Å². The third kappa shape index (κ3) is 3.62. The molecule has 1 aliphatic rings. The van der Waals surface area contributed by atoms with Crippen molar-refractivity contribution in [1.82, 2.24) is 14.9 Å². The number of aromatic nitrogens is 2. The first-order valence-electron chi connectivity index (χ1n) is 7.96. The van der Waals surface area contributed by atoms with E-state index in [1.807, 2.05) is 0 Å². The molecular formula is C16H21N3O2S2. The van der Waals surface area contributed by atoms with Gasteiger partial charge in [-0.2, -0.15) is 0 Å². The largest absolute Gasteiger partial charge is 0.381 e. The van der Waals surface area contributed by atoms with Gasteiger partial charge in [-0.1, -0.05) is 23.9 Å². The molecule has 0 bridgehead atoms. The van der Waals surface area contributed by atoms with Gasteiger partial charge in [0.15, 0.2) is 0 Å². The fraction of sp³-hybridized carbons (Fsp3) is 0.562. The van der Waals surface area contributed by atoms with E-state index < -0.39 is 0 Å². The molecule has 0 aliphatic carbocycles. The van der Waals surface area contributed by atoms with Crippen molar-refractivity contribution >= 4 is 28.8 Å². The maximum absolute atomic E-state index is 12.5. The molecule has 1 amide bonds. The highest BCUT2D eigenvalue weighted by molar-refractivity contribution is 7.10. The number of ether oxygens (including phenoxy) is 1. The monoisotopic (exact) mass is 351 g/mol. The molecule has 0 radical (unpaired) electrons. The second kappa shape index (κ2) is 7.51. The van der Waals surface area contributed by atoms with Crippen LogP contribution >= 0.6 is 22.9 Å². The molecule has 0 saturated carbocycles. The van der Waals surface area contributed by atoms with Crippen molar-refractivity contribution < 1.29 is 9.53 Å². The Bertz CT molecular complexity index is 634. The zero-order chi connectivity index (χ0) is 16.1. The van der Waals surface area contributed by atoms with Crippen molar-refractivity contribution in [3.8, 4) is 0 Å². The summed E-state index contributed by atoms with van der Waals surface area (Å²) in [5, 5.41) is 9.30. The van der Waals surface area contributed by atoms with Gasteiger partial charge in [-0.3, -0.25) is 4.79 Å². The van der Waals surface area contributed by atoms with Crippen molar-refractivity contribution in [1.29, 1.82) is 0 Å². The van der Waals surface area contributed by atoms with Crippen LogP contribution in [-0.2, 0) is 16.6 Å². The van der Waals surface area contributed by atoms with Crippen molar-refractivity contribution in [3.05, 3.63) is 33.0 Å². The summed E-state index contributed by atoms with van der Waals surface area (Å²) in [5.74, 6) is -0.0501. The first-order chi connectivity index (χ1) is 11.2. The van der Waals surface area contributed by atoms with E-state index in [1.165, 1.54) is 16.4 Å². The molecule has 7 heteroatoms. The number of thiophene rings is 1. The van der Waals surface area contributed by atoms with E-state index in [4.69, 9.17) is 4.74 Å². The Balaban J connectivity index is 1.71. The molecular weight excluding hydrogens is 330 g/mol. The molecule has 0 atom stereocenters. The summed E-state index contributed by atoms with van der Waals surface area (Å²) in [6.07, 6.45) is 3.64. The first-order valence-corrected chi connectivity index (χ1v) is 9.61. The second-order valence-corrected chi connectivity index (χ2v) is 7.55. The molecule has 124 valence electrons. The summed E-state index contributed by atoms with van der Waals surface area (Å²) in [5.41, 5.74) is 0.803. The molecule has 3 rings (SSSR count). The van der Waals surface area contributed by atoms with Crippen LogP contribution in [0, 0.1) is 0 Å². The topological polar surface area (TPSA) is 64.1 Å². The summed E-state index contributed by atoms with van der Waals surface area (Å²) < 4.78 is 9.46. The standard InChI is InChI=1S/C16H21N3O2S2/c1-2-4-12-14(23-19-18-12)15(20)17-11-16(6-8-21-9-7-16)13-5-3-10-22-13/h3,5,10H,2,4,6-9,11H2,1H3,(H,17,20). The lowest BCUT2D eigenvalue weighted by Crippen LogP contribution is -2.44. The normalized spacial score (nSPS) is 17.1. The number of hydrogen-bond donors (Lipinski definition) is 1. The predicted molar refractivity (Wildman–Crippen MR) is 92.3 cm³/mol. The smallest absolute Gasteiger partial charge is 0.264 e. The molecule has 3 heterocycles. The van der Waals surface area contributed by atoms with Gasteiger partial charge in [0.25, 0.3) is 5.91 Å². The van der Waals surface area contributed by atoms with Crippen LogP contribution in [0.3, 0.4) is 0 Å². The van der Waals surface area contributed by atoms with E-state index >= 15 is 0 Å². The van der Waals surface area contributed by atoms with Gasteiger partial charge in [0, 0.05) is 30.1 Å². The molecule has 2 aromatic heterocycles. The van der Waals surface area contributed by atoms with Crippen LogP contribution in [0.5, 0.6) is 0 Å². The molecule has 1 N–H and O–H groups in total. The first kappa shape index (κ1) is 16.5. The van der Waals surface area contributed by atoms with Crippen LogP contribution < -0.4 is 5.32 Å². The summed E-state index contributed by atoms with van der Waals surface area (Å²) >= 11 is 2.95. The average Bonchev–Trinajstić information content (AvgIpc) is 3.26. The third-order valence-corrected chi connectivity index (χ3v) is 6.21.